The molecule has 0 saturated carbocycles. The van der Waals surface area contributed by atoms with Crippen LogP contribution >= 0.6 is 42.5 Å². The Morgan fingerprint density at radius 2 is 1.19 bits per heavy atom. The van der Waals surface area contributed by atoms with Crippen molar-refractivity contribution in [2.45, 2.75) is 14.7 Å². The molecule has 0 bridgehead atoms. The summed E-state index contributed by atoms with van der Waals surface area (Å²) in [5.41, 5.74) is 3.80. The van der Waals surface area contributed by atoms with Crippen LogP contribution in [0.5, 0.6) is 5.75 Å². The molecule has 280 valence electrons. The predicted molar refractivity (Wildman–Crippen MR) is 214 cm³/mol. The van der Waals surface area contributed by atoms with E-state index in [0.717, 1.165) is 38.0 Å². The Hall–Kier alpha value is -3.68. The molecule has 0 fully saturated rings. The second-order valence-corrected chi connectivity index (χ2v) is 20.1. The van der Waals surface area contributed by atoms with E-state index in [-0.39, 0.29) is 9.79 Å². The van der Waals surface area contributed by atoms with Gasteiger partial charge < -0.3 is 4.74 Å². The number of fused-ring (bicyclic) bond motifs is 1. The molecule has 2 heterocycles. The number of nitrogens with one attached hydrogen (secondary N) is 1. The number of hydrogen-bond acceptors (Lipinski definition) is 9. The lowest BCUT2D eigenvalue weighted by molar-refractivity contribution is 0.416. The number of ether oxygens (including phenoxy) is 1. The number of methoxy groups -OCH3 is 1. The monoisotopic (exact) mass is 925 g/mol. The van der Waals surface area contributed by atoms with Gasteiger partial charge in [-0.2, -0.15) is 5.10 Å². The van der Waals surface area contributed by atoms with E-state index in [2.05, 4.69) is 47.0 Å². The van der Waals surface area contributed by atoms with Crippen molar-refractivity contribution < 1.29 is 30.0 Å². The minimum atomic E-state index is -3.58. The highest BCUT2D eigenvalue weighted by molar-refractivity contribution is 9.10. The van der Waals surface area contributed by atoms with Gasteiger partial charge in [-0.15, -0.1) is 0 Å². The van der Waals surface area contributed by atoms with Crippen LogP contribution in [0.3, 0.4) is 0 Å². The molecule has 53 heavy (non-hydrogen) atoms. The Morgan fingerprint density at radius 1 is 0.660 bits per heavy atom. The van der Waals surface area contributed by atoms with Gasteiger partial charge in [-0.1, -0.05) is 68.3 Å². The van der Waals surface area contributed by atoms with Crippen LogP contribution in [0.15, 0.2) is 133 Å². The van der Waals surface area contributed by atoms with E-state index in [9.17, 15) is 25.3 Å². The molecule has 0 atom stereocenters. The van der Waals surface area contributed by atoms with Gasteiger partial charge in [-0.05, 0) is 72.3 Å². The van der Waals surface area contributed by atoms with Crippen molar-refractivity contribution in [3.8, 4) is 28.1 Å². The summed E-state index contributed by atoms with van der Waals surface area (Å²) in [4.78, 5) is 5.08. The number of H-pyrrole nitrogens is 1. The lowest BCUT2D eigenvalue weighted by Crippen LogP contribution is -2.22. The lowest BCUT2D eigenvalue weighted by Gasteiger charge is -2.12. The molecule has 18 heteroatoms. The minimum absolute atomic E-state index is 0.105. The van der Waals surface area contributed by atoms with Crippen molar-refractivity contribution in [3.05, 3.63) is 118 Å². The van der Waals surface area contributed by atoms with Crippen LogP contribution in [0.4, 0.5) is 0 Å². The van der Waals surface area contributed by atoms with E-state index in [1.54, 1.807) is 67.9 Å². The molecule has 0 aliphatic rings. The number of sulfonamides is 2. The first-order valence-electron chi connectivity index (χ1n) is 15.2. The summed E-state index contributed by atoms with van der Waals surface area (Å²) in [5.74, 6) is 0.725. The number of benzene rings is 4. The lowest BCUT2D eigenvalue weighted by atomic mass is 10.0. The predicted octanol–water partition coefficient (Wildman–Crippen LogP) is 7.63. The third kappa shape index (κ3) is 10.5. The number of para-hydroxylation sites is 1. The SMILES string of the molecule is CN(C)S(=O)(=O)c1cccc(Br)c1.COc1ccccc1-c1[nH]nc2ncc(-c3cccc(S(=O)(=O)N(C)C)c3)cc12.O=S(=O)(Cl)c1cccc(Br)c1. The van der Waals surface area contributed by atoms with Gasteiger partial charge in [0, 0.05) is 70.5 Å². The smallest absolute Gasteiger partial charge is 0.261 e. The van der Waals surface area contributed by atoms with E-state index in [1.165, 1.54) is 48.9 Å². The molecular formula is C35H34Br2ClN5O7S3. The summed E-state index contributed by atoms with van der Waals surface area (Å²) < 4.78 is 78.9. The van der Waals surface area contributed by atoms with Crippen LogP contribution < -0.4 is 4.74 Å². The number of nitrogens with zero attached hydrogens (tertiary/aromatic N) is 4. The largest absolute Gasteiger partial charge is 0.496 e. The number of hydrogen-bond donors (Lipinski definition) is 1. The molecule has 0 unspecified atom stereocenters. The van der Waals surface area contributed by atoms with Crippen molar-refractivity contribution in [3.63, 3.8) is 0 Å². The fourth-order valence-corrected chi connectivity index (χ4v) is 8.41. The second kappa shape index (κ2) is 17.6. The topological polar surface area (TPSA) is 160 Å². The zero-order chi connectivity index (χ0) is 39.1. The van der Waals surface area contributed by atoms with Crippen molar-refractivity contribution in [1.82, 2.24) is 23.8 Å². The molecule has 2 aromatic heterocycles. The van der Waals surface area contributed by atoms with Gasteiger partial charge in [0.05, 0.1) is 27.5 Å². The van der Waals surface area contributed by atoms with Crippen LogP contribution in [-0.4, -0.2) is 84.3 Å². The maximum absolute atomic E-state index is 12.5. The average molecular weight is 928 g/mol. The summed E-state index contributed by atoms with van der Waals surface area (Å²) in [7, 11) is 2.35. The quantitative estimate of drug-likeness (QED) is 0.152. The zero-order valence-corrected chi connectivity index (χ0v) is 35.3. The summed E-state index contributed by atoms with van der Waals surface area (Å²) >= 11 is 6.35. The van der Waals surface area contributed by atoms with E-state index in [1.807, 2.05) is 36.4 Å². The standard InChI is InChI=1S/C21H20N4O3S.C8H10BrNO2S.C6H4BrClO2S/c1-25(2)29(26,27)16-8-6-7-14(11-16)15-12-18-20(23-24-21(18)22-13-15)17-9-4-5-10-19(17)28-3;1-10(2)13(11,12)8-5-3-4-7(9)6-8;7-5-2-1-3-6(4-5)11(8,9)10/h4-13H,1-3H3,(H,22,23,24);3-6H,1-2H3;1-4H. The van der Waals surface area contributed by atoms with Gasteiger partial charge in [-0.25, -0.2) is 38.8 Å². The first kappa shape index (κ1) is 42.1. The van der Waals surface area contributed by atoms with Crippen LogP contribution in [0.1, 0.15) is 0 Å². The Labute approximate surface area is 330 Å². The van der Waals surface area contributed by atoms with E-state index < -0.39 is 29.1 Å². The summed E-state index contributed by atoms with van der Waals surface area (Å²) in [6.07, 6.45) is 1.69. The van der Waals surface area contributed by atoms with Gasteiger partial charge in [0.2, 0.25) is 20.0 Å². The first-order chi connectivity index (χ1) is 24.9. The van der Waals surface area contributed by atoms with Gasteiger partial charge in [0.25, 0.3) is 9.05 Å². The Bertz CT molecular complexity index is 2570. The Kier molecular flexibility index (Phi) is 14.0. The summed E-state index contributed by atoms with van der Waals surface area (Å²) in [6, 6.07) is 29.3. The van der Waals surface area contributed by atoms with Crippen LogP contribution in [0, 0.1) is 0 Å². The highest BCUT2D eigenvalue weighted by Crippen LogP contribution is 2.34. The van der Waals surface area contributed by atoms with Crippen LogP contribution in [-0.2, 0) is 29.1 Å². The highest BCUT2D eigenvalue weighted by atomic mass is 79.9. The fraction of sp³-hybridized carbons (Fsp3) is 0.143. The molecule has 0 aliphatic heterocycles. The molecule has 0 radical (unpaired) electrons. The molecule has 4 aromatic carbocycles. The molecule has 12 nitrogen and oxygen atoms in total. The normalized spacial score (nSPS) is 11.8. The minimum Gasteiger partial charge on any atom is -0.496 e. The van der Waals surface area contributed by atoms with Crippen molar-refractivity contribution in [2.24, 2.45) is 0 Å². The Morgan fingerprint density at radius 3 is 1.72 bits per heavy atom. The fourth-order valence-electron chi connectivity index (χ4n) is 4.62. The van der Waals surface area contributed by atoms with E-state index >= 15 is 0 Å². The molecular weight excluding hydrogens is 894 g/mol. The number of rotatable bonds is 8. The van der Waals surface area contributed by atoms with Gasteiger partial charge >= 0.3 is 0 Å². The molecule has 0 spiro atoms. The van der Waals surface area contributed by atoms with Crippen LogP contribution in [0.25, 0.3) is 33.4 Å². The van der Waals surface area contributed by atoms with Gasteiger partial charge in [-0.3, -0.25) is 5.10 Å². The number of aromatic amines is 1. The molecule has 0 aliphatic carbocycles. The molecule has 6 rings (SSSR count). The van der Waals surface area contributed by atoms with Crippen molar-refractivity contribution in [2.75, 3.05) is 35.3 Å². The highest BCUT2D eigenvalue weighted by Gasteiger charge is 2.19. The maximum atomic E-state index is 12.5. The summed E-state index contributed by atoms with van der Waals surface area (Å²) in [5, 5.41) is 8.16. The number of aromatic nitrogens is 3. The summed E-state index contributed by atoms with van der Waals surface area (Å²) in [6.45, 7) is 0. The molecule has 1 N–H and O–H groups in total. The second-order valence-electron chi connectivity index (χ2n) is 11.3. The van der Waals surface area contributed by atoms with Crippen LogP contribution in [0.2, 0.25) is 0 Å². The third-order valence-electron chi connectivity index (χ3n) is 7.38. The van der Waals surface area contributed by atoms with Crippen molar-refractivity contribution >= 4 is 82.7 Å². The Balaban J connectivity index is 0.000000215. The van der Waals surface area contributed by atoms with Gasteiger partial charge in [0.1, 0.15) is 5.75 Å². The zero-order valence-electron chi connectivity index (χ0n) is 28.9. The average Bonchev–Trinajstić information content (AvgIpc) is 3.55. The number of halogens is 3. The third-order valence-corrected chi connectivity index (χ3v) is 13.3. The first-order valence-corrected chi connectivity index (χ1v) is 22.0. The molecule has 0 saturated heterocycles. The molecule has 6 aromatic rings. The molecule has 0 amide bonds. The van der Waals surface area contributed by atoms with Crippen molar-refractivity contribution in [1.29, 1.82) is 0 Å². The number of pyridine rings is 1. The van der Waals surface area contributed by atoms with Gasteiger partial charge in [0.15, 0.2) is 5.65 Å². The maximum Gasteiger partial charge on any atom is 0.261 e. The van der Waals surface area contributed by atoms with E-state index in [0.29, 0.717) is 15.0 Å². The van der Waals surface area contributed by atoms with E-state index in [4.69, 9.17) is 15.4 Å².